The topological polar surface area (TPSA) is 46.9 Å². The lowest BCUT2D eigenvalue weighted by Crippen LogP contribution is -2.24. The molecule has 4 heteroatoms. The molecule has 0 aliphatic carbocycles. The molecule has 0 atom stereocenters. The molecule has 21 heavy (non-hydrogen) atoms. The highest BCUT2D eigenvalue weighted by Crippen LogP contribution is 2.17. The molecule has 0 saturated heterocycles. The number of nitrogens with zero attached hydrogens (tertiary/aromatic N) is 2. The fourth-order valence-corrected chi connectivity index (χ4v) is 2.94. The Morgan fingerprint density at radius 2 is 2.19 bits per heavy atom. The van der Waals surface area contributed by atoms with Crippen LogP contribution in [0.4, 0.5) is 0 Å². The van der Waals surface area contributed by atoms with Crippen molar-refractivity contribution in [3.8, 4) is 0 Å². The first kappa shape index (κ1) is 14.0. The van der Waals surface area contributed by atoms with Crippen LogP contribution >= 0.6 is 0 Å². The van der Waals surface area contributed by atoms with Crippen LogP contribution in [-0.4, -0.2) is 22.1 Å². The van der Waals surface area contributed by atoms with E-state index in [4.69, 9.17) is 0 Å². The Morgan fingerprint density at radius 1 is 1.33 bits per heavy atom. The molecule has 0 amide bonds. The van der Waals surface area contributed by atoms with Gasteiger partial charge in [0.1, 0.15) is 0 Å². The summed E-state index contributed by atoms with van der Waals surface area (Å²) >= 11 is 0. The van der Waals surface area contributed by atoms with Gasteiger partial charge in [-0.25, -0.2) is 0 Å². The minimum absolute atomic E-state index is 0.165. The Morgan fingerprint density at radius 3 is 3.00 bits per heavy atom. The summed E-state index contributed by atoms with van der Waals surface area (Å²) in [5, 5.41) is 7.75. The summed E-state index contributed by atoms with van der Waals surface area (Å²) in [5.41, 5.74) is 5.39. The molecule has 0 saturated carbocycles. The van der Waals surface area contributed by atoms with Gasteiger partial charge in [-0.15, -0.1) is 0 Å². The van der Waals surface area contributed by atoms with E-state index in [9.17, 15) is 4.79 Å². The highest BCUT2D eigenvalue weighted by molar-refractivity contribution is 5.97. The van der Waals surface area contributed by atoms with Crippen LogP contribution in [0.15, 0.2) is 24.3 Å². The van der Waals surface area contributed by atoms with E-state index >= 15 is 0 Å². The van der Waals surface area contributed by atoms with Crippen molar-refractivity contribution in [1.29, 1.82) is 0 Å². The van der Waals surface area contributed by atoms with E-state index in [1.165, 1.54) is 11.1 Å². The Hall–Kier alpha value is -1.94. The summed E-state index contributed by atoms with van der Waals surface area (Å²) in [6.07, 6.45) is 1.46. The summed E-state index contributed by atoms with van der Waals surface area (Å²) in [5.74, 6) is 0.165. The van der Waals surface area contributed by atoms with Crippen molar-refractivity contribution in [1.82, 2.24) is 15.1 Å². The van der Waals surface area contributed by atoms with Gasteiger partial charge in [0.2, 0.25) is 0 Å². The van der Waals surface area contributed by atoms with Crippen LogP contribution in [0.2, 0.25) is 0 Å². The maximum atomic E-state index is 12.5. The number of fused-ring (bicyclic) bond motifs is 1. The molecule has 0 radical (unpaired) electrons. The number of hydrogen-bond acceptors (Lipinski definition) is 3. The van der Waals surface area contributed by atoms with Crippen LogP contribution in [0.5, 0.6) is 0 Å². The lowest BCUT2D eigenvalue weighted by molar-refractivity contribution is 0.0990. The normalized spacial score (nSPS) is 14.0. The number of Topliss-reactive ketones (excluding diaryl/α,β-unsaturated/α-hetero) is 1. The summed E-state index contributed by atoms with van der Waals surface area (Å²) in [6, 6.07) is 8.11. The van der Waals surface area contributed by atoms with Gasteiger partial charge in [-0.05, 0) is 50.1 Å². The van der Waals surface area contributed by atoms with Crippen molar-refractivity contribution in [2.24, 2.45) is 0 Å². The van der Waals surface area contributed by atoms with Gasteiger partial charge in [0, 0.05) is 24.3 Å². The Kier molecular flexibility index (Phi) is 3.88. The molecule has 0 bridgehead atoms. The number of nitrogens with one attached hydrogen (secondary N) is 1. The van der Waals surface area contributed by atoms with E-state index in [0.29, 0.717) is 6.42 Å². The average molecular weight is 283 g/mol. The van der Waals surface area contributed by atoms with Crippen LogP contribution in [0.25, 0.3) is 0 Å². The third-order valence-corrected chi connectivity index (χ3v) is 4.04. The smallest absolute Gasteiger partial charge is 0.168 e. The maximum Gasteiger partial charge on any atom is 0.168 e. The molecule has 0 spiro atoms. The Balaban J connectivity index is 1.82. The second-order valence-corrected chi connectivity index (χ2v) is 5.60. The number of carbonyl (C=O) groups excluding carboxylic acids is 1. The van der Waals surface area contributed by atoms with Crippen molar-refractivity contribution < 1.29 is 4.79 Å². The molecule has 2 heterocycles. The Bertz CT molecular complexity index is 673. The Labute approximate surface area is 125 Å². The number of carbonyl (C=O) groups is 1. The minimum atomic E-state index is 0.165. The zero-order valence-corrected chi connectivity index (χ0v) is 12.6. The van der Waals surface area contributed by atoms with E-state index in [2.05, 4.69) is 16.5 Å². The molecular weight excluding hydrogens is 262 g/mol. The van der Waals surface area contributed by atoms with E-state index in [0.717, 1.165) is 43.0 Å². The number of rotatable bonds is 4. The molecular formula is C17H21N3O. The fourth-order valence-electron chi connectivity index (χ4n) is 2.94. The minimum Gasteiger partial charge on any atom is -0.312 e. The number of benzene rings is 1. The second kappa shape index (κ2) is 5.82. The molecule has 3 rings (SSSR count). The van der Waals surface area contributed by atoms with Crippen molar-refractivity contribution in [2.75, 3.05) is 6.54 Å². The van der Waals surface area contributed by atoms with Crippen molar-refractivity contribution in [3.05, 3.63) is 52.3 Å². The van der Waals surface area contributed by atoms with E-state index in [-0.39, 0.29) is 5.78 Å². The predicted octanol–water partition coefficient (Wildman–Crippen LogP) is 2.28. The second-order valence-electron chi connectivity index (χ2n) is 5.60. The van der Waals surface area contributed by atoms with Crippen LogP contribution in [0, 0.1) is 6.92 Å². The molecule has 2 aromatic rings. The van der Waals surface area contributed by atoms with Gasteiger partial charge < -0.3 is 5.32 Å². The van der Waals surface area contributed by atoms with Gasteiger partial charge in [0.15, 0.2) is 5.78 Å². The van der Waals surface area contributed by atoms with Crippen LogP contribution in [0.3, 0.4) is 0 Å². The standard InChI is InChI=1S/C17H21N3O/c1-3-20-16(8-12(2)19-20)10-17(21)14-5-4-13-6-7-18-11-15(13)9-14/h4-5,8-9,18H,3,6-7,10-11H2,1-2H3. The number of aryl methyl sites for hydroxylation is 2. The van der Waals surface area contributed by atoms with E-state index < -0.39 is 0 Å². The average Bonchev–Trinajstić information content (AvgIpc) is 2.86. The number of hydrogen-bond donors (Lipinski definition) is 1. The summed E-state index contributed by atoms with van der Waals surface area (Å²) in [6.45, 7) is 6.69. The molecule has 4 nitrogen and oxygen atoms in total. The van der Waals surface area contributed by atoms with E-state index in [1.807, 2.05) is 36.7 Å². The summed E-state index contributed by atoms with van der Waals surface area (Å²) in [4.78, 5) is 12.5. The molecule has 1 aromatic carbocycles. The maximum absolute atomic E-state index is 12.5. The molecule has 110 valence electrons. The lowest BCUT2D eigenvalue weighted by Gasteiger charge is -2.17. The van der Waals surface area contributed by atoms with Crippen molar-refractivity contribution in [3.63, 3.8) is 0 Å². The number of aromatic nitrogens is 2. The lowest BCUT2D eigenvalue weighted by atomic mass is 9.96. The quantitative estimate of drug-likeness (QED) is 0.876. The fraction of sp³-hybridized carbons (Fsp3) is 0.412. The largest absolute Gasteiger partial charge is 0.312 e. The van der Waals surface area contributed by atoms with Crippen LogP contribution in [0.1, 0.15) is 39.8 Å². The highest BCUT2D eigenvalue weighted by atomic mass is 16.1. The van der Waals surface area contributed by atoms with Crippen molar-refractivity contribution in [2.45, 2.75) is 39.8 Å². The molecule has 0 fully saturated rings. The zero-order chi connectivity index (χ0) is 14.8. The molecule has 1 aliphatic heterocycles. The first-order valence-corrected chi connectivity index (χ1v) is 7.56. The first-order valence-electron chi connectivity index (χ1n) is 7.56. The SMILES string of the molecule is CCn1nc(C)cc1CC(=O)c1ccc2c(c1)CNCC2. The zero-order valence-electron chi connectivity index (χ0n) is 12.6. The summed E-state index contributed by atoms with van der Waals surface area (Å²) in [7, 11) is 0. The molecule has 1 aromatic heterocycles. The van der Waals surface area contributed by atoms with Gasteiger partial charge in [0.25, 0.3) is 0 Å². The predicted molar refractivity (Wildman–Crippen MR) is 82.5 cm³/mol. The highest BCUT2D eigenvalue weighted by Gasteiger charge is 2.15. The third-order valence-electron chi connectivity index (χ3n) is 4.04. The first-order chi connectivity index (χ1) is 10.2. The molecule has 0 unspecified atom stereocenters. The monoisotopic (exact) mass is 283 g/mol. The summed E-state index contributed by atoms with van der Waals surface area (Å²) < 4.78 is 1.91. The van der Waals surface area contributed by atoms with Crippen LogP contribution < -0.4 is 5.32 Å². The van der Waals surface area contributed by atoms with E-state index in [1.54, 1.807) is 0 Å². The van der Waals surface area contributed by atoms with Gasteiger partial charge in [-0.2, -0.15) is 5.10 Å². The van der Waals surface area contributed by atoms with Crippen molar-refractivity contribution >= 4 is 5.78 Å². The number of ketones is 1. The van der Waals surface area contributed by atoms with Crippen LogP contribution in [-0.2, 0) is 25.9 Å². The van der Waals surface area contributed by atoms with Gasteiger partial charge in [-0.1, -0.05) is 12.1 Å². The third kappa shape index (κ3) is 2.90. The molecule has 1 N–H and O–H groups in total. The van der Waals surface area contributed by atoms with Gasteiger partial charge >= 0.3 is 0 Å². The van der Waals surface area contributed by atoms with Gasteiger partial charge in [-0.3, -0.25) is 9.48 Å². The van der Waals surface area contributed by atoms with Gasteiger partial charge in [0.05, 0.1) is 12.1 Å². The molecule has 1 aliphatic rings.